The molecule has 2 aromatic carbocycles. The molecule has 0 bridgehead atoms. The van der Waals surface area contributed by atoms with Crippen molar-refractivity contribution >= 4 is 53.0 Å². The SMILES string of the molecule is CC(=O)N[C@@H](CS)C(=O)NC(CCCCN)C(=O)N[C@@H](CC(=O)O)C(=O)NCc1cccc2ccccc12. The standard InChI is InChI=1S/C26H35N5O6S/c1-16(32)29-22(15-38)26(37)30-20(11-4-5-12-27)25(36)31-21(13-23(33)34)24(35)28-14-18-9-6-8-17-7-2-3-10-19(17)18/h2-3,6-10,20-22,38H,4-5,11-15,27H2,1H3,(H,28,35)(H,29,32)(H,30,37)(H,31,36)(H,33,34)/t20?,21-,22-/m0/s1. The van der Waals surface area contributed by atoms with Gasteiger partial charge in [0.05, 0.1) is 6.42 Å². The molecule has 0 saturated heterocycles. The second-order valence-electron chi connectivity index (χ2n) is 8.80. The average molecular weight is 546 g/mol. The summed E-state index contributed by atoms with van der Waals surface area (Å²) in [6.07, 6.45) is 0.635. The molecule has 0 saturated carbocycles. The monoisotopic (exact) mass is 545 g/mol. The summed E-state index contributed by atoms with van der Waals surface area (Å²) in [5.74, 6) is -3.73. The predicted octanol–water partition coefficient (Wildman–Crippen LogP) is 0.464. The van der Waals surface area contributed by atoms with Gasteiger partial charge in [0.2, 0.25) is 23.6 Å². The van der Waals surface area contributed by atoms with Gasteiger partial charge in [0, 0.05) is 19.2 Å². The first-order valence-electron chi connectivity index (χ1n) is 12.3. The summed E-state index contributed by atoms with van der Waals surface area (Å²) >= 11 is 4.07. The summed E-state index contributed by atoms with van der Waals surface area (Å²) in [4.78, 5) is 61.6. The molecule has 0 aromatic heterocycles. The molecule has 0 aliphatic carbocycles. The third-order valence-electron chi connectivity index (χ3n) is 5.80. The number of amides is 4. The molecule has 11 nitrogen and oxygen atoms in total. The molecular formula is C26H35N5O6S. The number of nitrogens with two attached hydrogens (primary N) is 1. The number of nitrogens with one attached hydrogen (secondary N) is 4. The zero-order chi connectivity index (χ0) is 28.1. The van der Waals surface area contributed by atoms with Crippen LogP contribution in [0.1, 0.15) is 38.2 Å². The molecule has 0 radical (unpaired) electrons. The van der Waals surface area contributed by atoms with Crippen molar-refractivity contribution < 1.29 is 29.1 Å². The van der Waals surface area contributed by atoms with Crippen molar-refractivity contribution in [2.45, 2.75) is 57.3 Å². The minimum absolute atomic E-state index is 0.000760. The summed E-state index contributed by atoms with van der Waals surface area (Å²) in [6, 6.07) is 9.87. The number of hydrogen-bond donors (Lipinski definition) is 7. The summed E-state index contributed by atoms with van der Waals surface area (Å²) < 4.78 is 0. The van der Waals surface area contributed by atoms with Crippen molar-refractivity contribution in [3.05, 3.63) is 48.0 Å². The smallest absolute Gasteiger partial charge is 0.305 e. The Hall–Kier alpha value is -3.64. The van der Waals surface area contributed by atoms with Gasteiger partial charge in [-0.3, -0.25) is 24.0 Å². The van der Waals surface area contributed by atoms with Crippen LogP contribution in [0.4, 0.5) is 0 Å². The van der Waals surface area contributed by atoms with Gasteiger partial charge < -0.3 is 32.1 Å². The predicted molar refractivity (Wildman–Crippen MR) is 146 cm³/mol. The summed E-state index contributed by atoms with van der Waals surface area (Å²) in [6.45, 7) is 1.76. The molecule has 2 aromatic rings. The van der Waals surface area contributed by atoms with Crippen LogP contribution in [0.3, 0.4) is 0 Å². The first kappa shape index (κ1) is 30.6. The number of benzene rings is 2. The van der Waals surface area contributed by atoms with Crippen molar-refractivity contribution in [2.24, 2.45) is 5.73 Å². The van der Waals surface area contributed by atoms with Crippen LogP contribution >= 0.6 is 12.6 Å². The minimum Gasteiger partial charge on any atom is -0.481 e. The molecule has 0 aliphatic rings. The molecule has 2 rings (SSSR count). The maximum absolute atomic E-state index is 13.1. The highest BCUT2D eigenvalue weighted by Gasteiger charge is 2.30. The lowest BCUT2D eigenvalue weighted by atomic mass is 10.0. The van der Waals surface area contributed by atoms with Gasteiger partial charge >= 0.3 is 5.97 Å². The molecule has 206 valence electrons. The Kier molecular flexibility index (Phi) is 12.5. The highest BCUT2D eigenvalue weighted by atomic mass is 32.1. The molecule has 1 unspecified atom stereocenters. The van der Waals surface area contributed by atoms with Crippen LogP contribution in [0, 0.1) is 0 Å². The van der Waals surface area contributed by atoms with Gasteiger partial charge in [-0.1, -0.05) is 42.5 Å². The first-order valence-corrected chi connectivity index (χ1v) is 12.9. The van der Waals surface area contributed by atoms with E-state index in [-0.39, 0.29) is 18.7 Å². The van der Waals surface area contributed by atoms with Gasteiger partial charge in [-0.05, 0) is 42.1 Å². The minimum atomic E-state index is -1.38. The van der Waals surface area contributed by atoms with Crippen molar-refractivity contribution in [1.29, 1.82) is 0 Å². The van der Waals surface area contributed by atoms with E-state index in [0.29, 0.717) is 19.4 Å². The fourth-order valence-corrected chi connectivity index (χ4v) is 4.14. The third-order valence-corrected chi connectivity index (χ3v) is 6.17. The van der Waals surface area contributed by atoms with Gasteiger partial charge in [-0.25, -0.2) is 0 Å². The lowest BCUT2D eigenvalue weighted by Crippen LogP contribution is -2.57. The second-order valence-corrected chi connectivity index (χ2v) is 9.16. The van der Waals surface area contributed by atoms with E-state index in [1.807, 2.05) is 42.5 Å². The number of rotatable bonds is 15. The van der Waals surface area contributed by atoms with E-state index in [1.165, 1.54) is 6.92 Å². The summed E-state index contributed by atoms with van der Waals surface area (Å²) in [5, 5.41) is 21.5. The van der Waals surface area contributed by atoms with Crippen LogP contribution in [0.15, 0.2) is 42.5 Å². The van der Waals surface area contributed by atoms with Crippen molar-refractivity contribution in [2.75, 3.05) is 12.3 Å². The maximum Gasteiger partial charge on any atom is 0.305 e. The number of thiol groups is 1. The summed E-state index contributed by atoms with van der Waals surface area (Å²) in [5.41, 5.74) is 6.38. The van der Waals surface area contributed by atoms with Crippen LogP contribution < -0.4 is 27.0 Å². The molecule has 0 aliphatic heterocycles. The van der Waals surface area contributed by atoms with E-state index in [4.69, 9.17) is 5.73 Å². The first-order chi connectivity index (χ1) is 18.2. The van der Waals surface area contributed by atoms with Crippen LogP contribution in [-0.2, 0) is 30.5 Å². The number of carboxylic acids is 1. The number of hydrogen-bond acceptors (Lipinski definition) is 7. The van der Waals surface area contributed by atoms with E-state index in [1.54, 1.807) is 0 Å². The Balaban J connectivity index is 2.14. The van der Waals surface area contributed by atoms with E-state index < -0.39 is 54.1 Å². The van der Waals surface area contributed by atoms with Crippen LogP contribution in [0.5, 0.6) is 0 Å². The highest BCUT2D eigenvalue weighted by Crippen LogP contribution is 2.18. The van der Waals surface area contributed by atoms with Crippen LogP contribution in [0.25, 0.3) is 10.8 Å². The second kappa shape index (κ2) is 15.6. The average Bonchev–Trinajstić information content (AvgIpc) is 2.88. The zero-order valence-corrected chi connectivity index (χ0v) is 22.1. The van der Waals surface area contributed by atoms with E-state index >= 15 is 0 Å². The lowest BCUT2D eigenvalue weighted by Gasteiger charge is -2.24. The number of fused-ring (bicyclic) bond motifs is 1. The lowest BCUT2D eigenvalue weighted by molar-refractivity contribution is -0.141. The third kappa shape index (κ3) is 9.67. The molecule has 0 heterocycles. The number of carbonyl (C=O) groups is 5. The van der Waals surface area contributed by atoms with Crippen molar-refractivity contribution in [3.63, 3.8) is 0 Å². The molecule has 38 heavy (non-hydrogen) atoms. The normalized spacial score (nSPS) is 13.1. The van der Waals surface area contributed by atoms with E-state index in [9.17, 15) is 29.1 Å². The number of aliphatic carboxylic acids is 1. The topological polar surface area (TPSA) is 180 Å². The molecule has 7 N–H and O–H groups in total. The van der Waals surface area contributed by atoms with Crippen molar-refractivity contribution in [3.8, 4) is 0 Å². The summed E-state index contributed by atoms with van der Waals surface area (Å²) in [7, 11) is 0. The number of carboxylic acid groups (broad SMARTS) is 1. The molecule has 3 atom stereocenters. The largest absolute Gasteiger partial charge is 0.481 e. The van der Waals surface area contributed by atoms with Crippen LogP contribution in [-0.4, -0.2) is 65.1 Å². The van der Waals surface area contributed by atoms with E-state index in [2.05, 4.69) is 33.9 Å². The van der Waals surface area contributed by atoms with E-state index in [0.717, 1.165) is 16.3 Å². The Morgan fingerprint density at radius 1 is 0.868 bits per heavy atom. The molecule has 0 spiro atoms. The Bertz CT molecular complexity index is 1140. The molecule has 4 amide bonds. The molecular weight excluding hydrogens is 510 g/mol. The van der Waals surface area contributed by atoms with Crippen molar-refractivity contribution in [1.82, 2.24) is 21.3 Å². The molecule has 0 fully saturated rings. The highest BCUT2D eigenvalue weighted by molar-refractivity contribution is 7.80. The zero-order valence-electron chi connectivity index (χ0n) is 21.2. The van der Waals surface area contributed by atoms with Gasteiger partial charge in [-0.2, -0.15) is 12.6 Å². The maximum atomic E-state index is 13.1. The fraction of sp³-hybridized carbons (Fsp3) is 0.423. The fourth-order valence-electron chi connectivity index (χ4n) is 3.88. The van der Waals surface area contributed by atoms with Crippen LogP contribution in [0.2, 0.25) is 0 Å². The quantitative estimate of drug-likeness (QED) is 0.125. The van der Waals surface area contributed by atoms with Gasteiger partial charge in [0.15, 0.2) is 0 Å². The number of carbonyl (C=O) groups excluding carboxylic acids is 4. The Labute approximate surface area is 226 Å². The Morgan fingerprint density at radius 2 is 1.53 bits per heavy atom. The van der Waals surface area contributed by atoms with Gasteiger partial charge in [-0.15, -0.1) is 0 Å². The van der Waals surface area contributed by atoms with Gasteiger partial charge in [0.25, 0.3) is 0 Å². The van der Waals surface area contributed by atoms with Gasteiger partial charge in [0.1, 0.15) is 18.1 Å². The Morgan fingerprint density at radius 3 is 2.18 bits per heavy atom. The number of unbranched alkanes of at least 4 members (excludes halogenated alkanes) is 1. The molecule has 12 heteroatoms.